The van der Waals surface area contributed by atoms with Crippen molar-refractivity contribution in [2.45, 2.75) is 26.2 Å². The van der Waals surface area contributed by atoms with Crippen molar-refractivity contribution in [3.8, 4) is 5.75 Å². The highest BCUT2D eigenvalue weighted by Gasteiger charge is 2.22. The number of hydrogen-bond acceptors (Lipinski definition) is 5. The van der Waals surface area contributed by atoms with E-state index in [1.165, 1.54) is 0 Å². The van der Waals surface area contributed by atoms with Gasteiger partial charge in [0, 0.05) is 36.2 Å². The number of ether oxygens (including phenoxy) is 1. The Hall–Kier alpha value is -3.41. The van der Waals surface area contributed by atoms with Crippen molar-refractivity contribution < 1.29 is 9.53 Å². The van der Waals surface area contributed by atoms with Crippen molar-refractivity contribution in [1.82, 2.24) is 15.3 Å². The fraction of sp³-hybridized carbons (Fsp3) is 0.261. The van der Waals surface area contributed by atoms with Gasteiger partial charge in [-0.1, -0.05) is 19.9 Å². The van der Waals surface area contributed by atoms with Crippen LogP contribution in [0.5, 0.6) is 5.75 Å². The average molecular weight is 390 g/mol. The van der Waals surface area contributed by atoms with Gasteiger partial charge >= 0.3 is 0 Å². The maximum Gasteiger partial charge on any atom is 0.255 e. The first-order valence-corrected chi connectivity index (χ1v) is 9.63. The standard InChI is InChI=1S/C23H26N4O2/c1-4-29-19-11-9-18(10-12-19)27-21-20(8-6-14-25-21)22(28)26-16-23(2,3)17-7-5-13-24-15-17/h5-15H,4,16H2,1-3H3,(H,25,27)(H,26,28). The Kier molecular flexibility index (Phi) is 6.44. The highest BCUT2D eigenvalue weighted by Crippen LogP contribution is 2.23. The van der Waals surface area contributed by atoms with Crippen LogP contribution < -0.4 is 15.4 Å². The highest BCUT2D eigenvalue weighted by atomic mass is 16.5. The minimum Gasteiger partial charge on any atom is -0.494 e. The molecule has 0 aliphatic rings. The smallest absolute Gasteiger partial charge is 0.255 e. The number of amides is 1. The second-order valence-electron chi connectivity index (χ2n) is 7.29. The molecule has 0 unspecified atom stereocenters. The maximum atomic E-state index is 12.8. The van der Waals surface area contributed by atoms with Gasteiger partial charge in [-0.05, 0) is 55.0 Å². The van der Waals surface area contributed by atoms with Crippen LogP contribution in [0.15, 0.2) is 67.1 Å². The predicted octanol–water partition coefficient (Wildman–Crippen LogP) is 4.33. The Labute approximate surface area is 171 Å². The summed E-state index contributed by atoms with van der Waals surface area (Å²) >= 11 is 0. The van der Waals surface area contributed by atoms with E-state index in [-0.39, 0.29) is 11.3 Å². The van der Waals surface area contributed by atoms with Crippen LogP contribution in [-0.4, -0.2) is 29.0 Å². The van der Waals surface area contributed by atoms with E-state index in [0.717, 1.165) is 17.0 Å². The molecule has 0 spiro atoms. The topological polar surface area (TPSA) is 76.1 Å². The van der Waals surface area contributed by atoms with Gasteiger partial charge in [-0.25, -0.2) is 4.98 Å². The number of anilines is 2. The third kappa shape index (κ3) is 5.31. The molecule has 2 heterocycles. The van der Waals surface area contributed by atoms with Gasteiger partial charge in [-0.15, -0.1) is 0 Å². The molecule has 1 aromatic carbocycles. The van der Waals surface area contributed by atoms with Gasteiger partial charge in [-0.2, -0.15) is 0 Å². The number of pyridine rings is 2. The Balaban J connectivity index is 1.70. The molecule has 1 amide bonds. The van der Waals surface area contributed by atoms with E-state index >= 15 is 0 Å². The molecule has 6 nitrogen and oxygen atoms in total. The van der Waals surface area contributed by atoms with Crippen molar-refractivity contribution in [3.63, 3.8) is 0 Å². The normalized spacial score (nSPS) is 11.0. The van der Waals surface area contributed by atoms with Gasteiger partial charge in [0.25, 0.3) is 5.91 Å². The molecule has 2 aromatic heterocycles. The lowest BCUT2D eigenvalue weighted by molar-refractivity contribution is 0.0946. The van der Waals surface area contributed by atoms with Crippen LogP contribution in [-0.2, 0) is 5.41 Å². The van der Waals surface area contributed by atoms with Crippen LogP contribution in [0.3, 0.4) is 0 Å². The van der Waals surface area contributed by atoms with Crippen LogP contribution in [0.2, 0.25) is 0 Å². The van der Waals surface area contributed by atoms with E-state index in [0.29, 0.717) is 24.5 Å². The quantitative estimate of drug-likeness (QED) is 0.599. The van der Waals surface area contributed by atoms with Crippen LogP contribution in [0, 0.1) is 0 Å². The molecule has 2 N–H and O–H groups in total. The Bertz CT molecular complexity index is 941. The summed E-state index contributed by atoms with van der Waals surface area (Å²) in [5.74, 6) is 1.13. The minimum absolute atomic E-state index is 0.177. The Morgan fingerprint density at radius 3 is 2.52 bits per heavy atom. The van der Waals surface area contributed by atoms with Crippen LogP contribution in [0.1, 0.15) is 36.7 Å². The average Bonchev–Trinajstić information content (AvgIpc) is 2.75. The van der Waals surface area contributed by atoms with Crippen molar-refractivity contribution in [2.75, 3.05) is 18.5 Å². The number of nitrogens with zero attached hydrogens (tertiary/aromatic N) is 2. The van der Waals surface area contributed by atoms with Crippen molar-refractivity contribution >= 4 is 17.4 Å². The van der Waals surface area contributed by atoms with Gasteiger partial charge in [0.15, 0.2) is 0 Å². The monoisotopic (exact) mass is 390 g/mol. The number of nitrogens with one attached hydrogen (secondary N) is 2. The van der Waals surface area contributed by atoms with E-state index in [2.05, 4.69) is 34.4 Å². The Morgan fingerprint density at radius 2 is 1.83 bits per heavy atom. The summed E-state index contributed by atoms with van der Waals surface area (Å²) in [5.41, 5.74) is 2.15. The summed E-state index contributed by atoms with van der Waals surface area (Å²) in [4.78, 5) is 21.4. The molecule has 0 bridgehead atoms. The van der Waals surface area contributed by atoms with Gasteiger partial charge in [0.05, 0.1) is 12.2 Å². The van der Waals surface area contributed by atoms with E-state index < -0.39 is 0 Å². The first-order valence-electron chi connectivity index (χ1n) is 9.63. The maximum absolute atomic E-state index is 12.8. The second-order valence-corrected chi connectivity index (χ2v) is 7.29. The van der Waals surface area contributed by atoms with Gasteiger partial charge in [0.1, 0.15) is 11.6 Å². The molecule has 0 atom stereocenters. The second kappa shape index (κ2) is 9.19. The summed E-state index contributed by atoms with van der Waals surface area (Å²) in [6.45, 7) is 7.20. The molecule has 3 rings (SSSR count). The first-order chi connectivity index (χ1) is 14.0. The van der Waals surface area contributed by atoms with Crippen molar-refractivity contribution in [2.24, 2.45) is 0 Å². The van der Waals surface area contributed by atoms with E-state index in [4.69, 9.17) is 4.74 Å². The predicted molar refractivity (Wildman–Crippen MR) is 115 cm³/mol. The van der Waals surface area contributed by atoms with Crippen molar-refractivity contribution in [1.29, 1.82) is 0 Å². The molecule has 0 radical (unpaired) electrons. The summed E-state index contributed by atoms with van der Waals surface area (Å²) < 4.78 is 5.46. The summed E-state index contributed by atoms with van der Waals surface area (Å²) in [6, 6.07) is 15.0. The molecule has 0 aliphatic carbocycles. The third-order valence-corrected chi connectivity index (χ3v) is 4.61. The lowest BCUT2D eigenvalue weighted by Crippen LogP contribution is -2.37. The zero-order valence-electron chi connectivity index (χ0n) is 17.0. The third-order valence-electron chi connectivity index (χ3n) is 4.61. The molecule has 6 heteroatoms. The molecule has 0 saturated carbocycles. The molecular formula is C23H26N4O2. The molecule has 0 fully saturated rings. The first kappa shape index (κ1) is 20.3. The zero-order chi connectivity index (χ0) is 20.7. The fourth-order valence-corrected chi connectivity index (χ4v) is 2.89. The SMILES string of the molecule is CCOc1ccc(Nc2ncccc2C(=O)NCC(C)(C)c2cccnc2)cc1. The van der Waals surface area contributed by atoms with Crippen LogP contribution in [0.25, 0.3) is 0 Å². The molecule has 0 aliphatic heterocycles. The van der Waals surface area contributed by atoms with Crippen LogP contribution >= 0.6 is 0 Å². The Morgan fingerprint density at radius 1 is 1.07 bits per heavy atom. The van der Waals surface area contributed by atoms with Gasteiger partial charge in [-0.3, -0.25) is 9.78 Å². The van der Waals surface area contributed by atoms with E-state index in [1.807, 2.05) is 49.5 Å². The summed E-state index contributed by atoms with van der Waals surface area (Å²) in [7, 11) is 0. The zero-order valence-corrected chi connectivity index (χ0v) is 17.0. The molecule has 0 saturated heterocycles. The van der Waals surface area contributed by atoms with Crippen LogP contribution in [0.4, 0.5) is 11.5 Å². The van der Waals surface area contributed by atoms with Gasteiger partial charge in [0.2, 0.25) is 0 Å². The fourth-order valence-electron chi connectivity index (χ4n) is 2.89. The number of rotatable bonds is 8. The van der Waals surface area contributed by atoms with Crippen molar-refractivity contribution in [3.05, 3.63) is 78.2 Å². The number of carbonyl (C=O) groups excluding carboxylic acids is 1. The highest BCUT2D eigenvalue weighted by molar-refractivity contribution is 5.99. The largest absolute Gasteiger partial charge is 0.494 e. The number of benzene rings is 1. The minimum atomic E-state index is -0.241. The molecular weight excluding hydrogens is 364 g/mol. The molecule has 3 aromatic rings. The van der Waals surface area contributed by atoms with Gasteiger partial charge < -0.3 is 15.4 Å². The number of aromatic nitrogens is 2. The van der Waals surface area contributed by atoms with E-state index in [9.17, 15) is 4.79 Å². The summed E-state index contributed by atoms with van der Waals surface area (Å²) in [6.07, 6.45) is 5.23. The number of hydrogen-bond donors (Lipinski definition) is 2. The summed E-state index contributed by atoms with van der Waals surface area (Å²) in [5, 5.41) is 6.24. The lowest BCUT2D eigenvalue weighted by Gasteiger charge is -2.25. The van der Waals surface area contributed by atoms with E-state index in [1.54, 1.807) is 24.5 Å². The number of carbonyl (C=O) groups is 1. The molecule has 150 valence electrons. The lowest BCUT2D eigenvalue weighted by atomic mass is 9.85. The molecule has 29 heavy (non-hydrogen) atoms.